The van der Waals surface area contributed by atoms with Crippen molar-refractivity contribution in [3.63, 3.8) is 0 Å². The van der Waals surface area contributed by atoms with E-state index in [1.165, 1.54) is 12.1 Å². The zero-order valence-corrected chi connectivity index (χ0v) is 14.7. The molecular formula is C17H22N2O5S. The minimum absolute atomic E-state index is 0.120. The molecule has 8 heteroatoms. The molecule has 2 rings (SSSR count). The molecule has 2 aromatic carbocycles. The summed E-state index contributed by atoms with van der Waals surface area (Å²) in [5, 5.41) is 21.0. The smallest absolute Gasteiger partial charge is 0.261 e. The highest BCUT2D eigenvalue weighted by atomic mass is 32.2. The van der Waals surface area contributed by atoms with Crippen molar-refractivity contribution in [3.05, 3.63) is 48.5 Å². The van der Waals surface area contributed by atoms with Crippen LogP contribution >= 0.6 is 0 Å². The SMILES string of the molecule is CCOc1ccc(NS(=O)(=O)c2ccc(NCC(O)CO)cc2)cc1. The predicted octanol–water partition coefficient (Wildman–Crippen LogP) is 1.65. The summed E-state index contributed by atoms with van der Waals surface area (Å²) in [5.74, 6) is 0.672. The Morgan fingerprint density at radius 3 is 2.20 bits per heavy atom. The fourth-order valence-electron chi connectivity index (χ4n) is 2.05. The highest BCUT2D eigenvalue weighted by Gasteiger charge is 2.14. The van der Waals surface area contributed by atoms with E-state index in [0.717, 1.165) is 0 Å². The summed E-state index contributed by atoms with van der Waals surface area (Å²) in [6.45, 7) is 2.25. The van der Waals surface area contributed by atoms with Gasteiger partial charge in [-0.05, 0) is 55.5 Å². The van der Waals surface area contributed by atoms with Gasteiger partial charge in [0.1, 0.15) is 5.75 Å². The summed E-state index contributed by atoms with van der Waals surface area (Å²) >= 11 is 0. The van der Waals surface area contributed by atoms with E-state index in [1.807, 2.05) is 6.92 Å². The molecule has 0 spiro atoms. The van der Waals surface area contributed by atoms with Gasteiger partial charge in [0.05, 0.1) is 24.2 Å². The molecule has 0 radical (unpaired) electrons. The van der Waals surface area contributed by atoms with Crippen molar-refractivity contribution < 1.29 is 23.4 Å². The maximum atomic E-state index is 12.4. The van der Waals surface area contributed by atoms with E-state index in [1.54, 1.807) is 36.4 Å². The van der Waals surface area contributed by atoms with Gasteiger partial charge in [-0.1, -0.05) is 0 Å². The molecule has 25 heavy (non-hydrogen) atoms. The quantitative estimate of drug-likeness (QED) is 0.537. The highest BCUT2D eigenvalue weighted by Crippen LogP contribution is 2.20. The lowest BCUT2D eigenvalue weighted by atomic mass is 10.3. The number of rotatable bonds is 9. The van der Waals surface area contributed by atoms with Crippen molar-refractivity contribution >= 4 is 21.4 Å². The van der Waals surface area contributed by atoms with E-state index in [0.29, 0.717) is 23.7 Å². The molecule has 0 fully saturated rings. The molecule has 7 nitrogen and oxygen atoms in total. The summed E-state index contributed by atoms with van der Waals surface area (Å²) in [4.78, 5) is 0.120. The molecule has 2 aromatic rings. The van der Waals surface area contributed by atoms with Crippen molar-refractivity contribution in [3.8, 4) is 5.75 Å². The van der Waals surface area contributed by atoms with Gasteiger partial charge in [0, 0.05) is 17.9 Å². The van der Waals surface area contributed by atoms with Crippen LogP contribution in [0.1, 0.15) is 6.92 Å². The first-order valence-electron chi connectivity index (χ1n) is 7.83. The molecule has 0 saturated heterocycles. The van der Waals surface area contributed by atoms with Gasteiger partial charge in [0.15, 0.2) is 0 Å². The van der Waals surface area contributed by atoms with Crippen LogP contribution in [0.25, 0.3) is 0 Å². The number of anilines is 2. The lowest BCUT2D eigenvalue weighted by molar-refractivity contribution is 0.105. The fraction of sp³-hybridized carbons (Fsp3) is 0.294. The van der Waals surface area contributed by atoms with Crippen LogP contribution in [-0.4, -0.2) is 44.5 Å². The molecule has 1 unspecified atom stereocenters. The van der Waals surface area contributed by atoms with Gasteiger partial charge in [-0.2, -0.15) is 0 Å². The summed E-state index contributed by atoms with van der Waals surface area (Å²) in [5.41, 5.74) is 1.09. The number of benzene rings is 2. The monoisotopic (exact) mass is 366 g/mol. The third-order valence-electron chi connectivity index (χ3n) is 3.33. The number of aliphatic hydroxyl groups excluding tert-OH is 2. The van der Waals surface area contributed by atoms with Gasteiger partial charge in [-0.3, -0.25) is 4.72 Å². The maximum absolute atomic E-state index is 12.4. The number of sulfonamides is 1. The second-order valence-corrected chi connectivity index (χ2v) is 6.99. The lowest BCUT2D eigenvalue weighted by Crippen LogP contribution is -2.22. The predicted molar refractivity (Wildman–Crippen MR) is 96.4 cm³/mol. The van der Waals surface area contributed by atoms with Crippen molar-refractivity contribution in [2.45, 2.75) is 17.9 Å². The van der Waals surface area contributed by atoms with Gasteiger partial charge in [-0.25, -0.2) is 8.42 Å². The van der Waals surface area contributed by atoms with Gasteiger partial charge in [0.25, 0.3) is 10.0 Å². The highest BCUT2D eigenvalue weighted by molar-refractivity contribution is 7.92. The Hall–Kier alpha value is -2.29. The Kier molecular flexibility index (Phi) is 6.63. The first-order valence-corrected chi connectivity index (χ1v) is 9.31. The molecule has 0 aliphatic rings. The van der Waals surface area contributed by atoms with Gasteiger partial charge in [0.2, 0.25) is 0 Å². The van der Waals surface area contributed by atoms with Crippen LogP contribution in [0.5, 0.6) is 5.75 Å². The van der Waals surface area contributed by atoms with Crippen LogP contribution in [-0.2, 0) is 10.0 Å². The van der Waals surface area contributed by atoms with Crippen LogP contribution in [0.3, 0.4) is 0 Å². The number of aliphatic hydroxyl groups is 2. The molecule has 0 bridgehead atoms. The second kappa shape index (κ2) is 8.70. The van der Waals surface area contributed by atoms with Gasteiger partial charge >= 0.3 is 0 Å². The number of nitrogens with one attached hydrogen (secondary N) is 2. The van der Waals surface area contributed by atoms with Crippen molar-refractivity contribution in [1.82, 2.24) is 0 Å². The van der Waals surface area contributed by atoms with E-state index < -0.39 is 16.1 Å². The molecule has 0 aromatic heterocycles. The van der Waals surface area contributed by atoms with Crippen molar-refractivity contribution in [2.24, 2.45) is 0 Å². The minimum atomic E-state index is -3.70. The van der Waals surface area contributed by atoms with Crippen LogP contribution < -0.4 is 14.8 Å². The van der Waals surface area contributed by atoms with Crippen LogP contribution in [0.4, 0.5) is 11.4 Å². The number of hydrogen-bond acceptors (Lipinski definition) is 6. The Morgan fingerprint density at radius 2 is 1.64 bits per heavy atom. The zero-order chi connectivity index (χ0) is 18.3. The molecule has 0 saturated carbocycles. The maximum Gasteiger partial charge on any atom is 0.261 e. The molecule has 0 aliphatic heterocycles. The second-order valence-electron chi connectivity index (χ2n) is 5.30. The van der Waals surface area contributed by atoms with E-state index in [9.17, 15) is 13.5 Å². The Labute approximate surface area is 147 Å². The molecule has 1 atom stereocenters. The molecule has 0 amide bonds. The van der Waals surface area contributed by atoms with E-state index >= 15 is 0 Å². The summed E-state index contributed by atoms with van der Waals surface area (Å²) in [6, 6.07) is 12.8. The molecule has 0 aliphatic carbocycles. The molecular weight excluding hydrogens is 344 g/mol. The van der Waals surface area contributed by atoms with Gasteiger partial charge < -0.3 is 20.3 Å². The van der Waals surface area contributed by atoms with E-state index in [4.69, 9.17) is 9.84 Å². The van der Waals surface area contributed by atoms with Crippen LogP contribution in [0.2, 0.25) is 0 Å². The minimum Gasteiger partial charge on any atom is -0.494 e. The normalized spacial score (nSPS) is 12.4. The lowest BCUT2D eigenvalue weighted by Gasteiger charge is -2.12. The third kappa shape index (κ3) is 5.63. The zero-order valence-electron chi connectivity index (χ0n) is 13.8. The Morgan fingerprint density at radius 1 is 1.04 bits per heavy atom. The summed E-state index contributed by atoms with van der Waals surface area (Å²) in [7, 11) is -3.70. The average Bonchev–Trinajstić information content (AvgIpc) is 2.61. The summed E-state index contributed by atoms with van der Waals surface area (Å²) < 4.78 is 32.6. The summed E-state index contributed by atoms with van der Waals surface area (Å²) in [6.07, 6.45) is -0.871. The van der Waals surface area contributed by atoms with Crippen LogP contribution in [0, 0.1) is 0 Å². The molecule has 136 valence electrons. The Balaban J connectivity index is 2.03. The van der Waals surface area contributed by atoms with Crippen LogP contribution in [0.15, 0.2) is 53.4 Å². The van der Waals surface area contributed by atoms with E-state index in [2.05, 4.69) is 10.0 Å². The molecule has 0 heterocycles. The number of ether oxygens (including phenoxy) is 1. The first kappa shape index (κ1) is 19.0. The van der Waals surface area contributed by atoms with Gasteiger partial charge in [-0.15, -0.1) is 0 Å². The third-order valence-corrected chi connectivity index (χ3v) is 4.73. The average molecular weight is 366 g/mol. The number of hydrogen-bond donors (Lipinski definition) is 4. The molecule has 4 N–H and O–H groups in total. The van der Waals surface area contributed by atoms with E-state index in [-0.39, 0.29) is 18.0 Å². The van der Waals surface area contributed by atoms with Crippen molar-refractivity contribution in [2.75, 3.05) is 29.8 Å². The standard InChI is InChI=1S/C17H22N2O5S/c1-2-24-16-7-3-14(4-8-16)19-25(22,23)17-9-5-13(6-10-17)18-11-15(21)12-20/h3-10,15,18-21H,2,11-12H2,1H3. The van der Waals surface area contributed by atoms with Crippen molar-refractivity contribution in [1.29, 1.82) is 0 Å². The largest absolute Gasteiger partial charge is 0.494 e. The fourth-order valence-corrected chi connectivity index (χ4v) is 3.11. The first-order chi connectivity index (χ1) is 11.9. The topological polar surface area (TPSA) is 108 Å². The Bertz CT molecular complexity index is 761.